The first kappa shape index (κ1) is 11.6. The Morgan fingerprint density at radius 2 is 1.93 bits per heavy atom. The molecule has 0 amide bonds. The molecule has 0 aromatic heterocycles. The minimum atomic E-state index is -0.448. The normalized spacial score (nSPS) is 33.7. The zero-order valence-electron chi connectivity index (χ0n) is 9.80. The van der Waals surface area contributed by atoms with Crippen molar-refractivity contribution in [1.82, 2.24) is 5.32 Å². The maximum absolute atomic E-state index is 9.61. The quantitative estimate of drug-likeness (QED) is 0.725. The van der Waals surface area contributed by atoms with E-state index in [1.165, 1.54) is 0 Å². The molecule has 0 radical (unpaired) electrons. The highest BCUT2D eigenvalue weighted by atomic mass is 16.3. The molecule has 1 aliphatic rings. The minimum Gasteiger partial charge on any atom is -0.390 e. The van der Waals surface area contributed by atoms with Gasteiger partial charge in [-0.1, -0.05) is 20.4 Å². The Morgan fingerprint density at radius 1 is 1.43 bits per heavy atom. The van der Waals surface area contributed by atoms with E-state index in [-0.39, 0.29) is 0 Å². The molecule has 1 rings (SSSR count). The Bertz CT molecular complexity index is 212. The van der Waals surface area contributed by atoms with Gasteiger partial charge >= 0.3 is 0 Å². The van der Waals surface area contributed by atoms with Crippen molar-refractivity contribution in [1.29, 1.82) is 0 Å². The lowest BCUT2D eigenvalue weighted by Gasteiger charge is -2.43. The summed E-state index contributed by atoms with van der Waals surface area (Å²) in [6, 6.07) is 0.466. The second-order valence-electron chi connectivity index (χ2n) is 5.30. The summed E-state index contributed by atoms with van der Waals surface area (Å²) in [4.78, 5) is 0. The van der Waals surface area contributed by atoms with Crippen molar-refractivity contribution in [2.24, 2.45) is 11.8 Å². The summed E-state index contributed by atoms with van der Waals surface area (Å²) in [7, 11) is 0. The predicted molar refractivity (Wildman–Crippen MR) is 59.9 cm³/mol. The number of rotatable bonds is 4. The number of nitrogens with one attached hydrogen (secondary N) is 1. The number of hydrogen-bond donors (Lipinski definition) is 2. The van der Waals surface area contributed by atoms with E-state index < -0.39 is 5.60 Å². The van der Waals surface area contributed by atoms with Crippen LogP contribution in [0.15, 0.2) is 12.3 Å². The Hall–Kier alpha value is -0.500. The minimum absolute atomic E-state index is 0.448. The van der Waals surface area contributed by atoms with E-state index in [0.29, 0.717) is 17.9 Å². The second-order valence-corrected chi connectivity index (χ2v) is 5.30. The van der Waals surface area contributed by atoms with Crippen LogP contribution in [0.2, 0.25) is 0 Å². The van der Waals surface area contributed by atoms with Crippen molar-refractivity contribution >= 4 is 0 Å². The molecule has 0 aromatic carbocycles. The van der Waals surface area contributed by atoms with Crippen molar-refractivity contribution in [3.8, 4) is 0 Å². The monoisotopic (exact) mass is 197 g/mol. The molecule has 1 atom stereocenters. The number of aliphatic hydroxyl groups is 1. The Morgan fingerprint density at radius 3 is 2.29 bits per heavy atom. The summed E-state index contributed by atoms with van der Waals surface area (Å²) in [6.07, 6.45) is 1.70. The third-order valence-corrected chi connectivity index (χ3v) is 3.28. The molecular formula is C12H23NO. The van der Waals surface area contributed by atoms with E-state index in [1.807, 2.05) is 6.92 Å². The third-order valence-electron chi connectivity index (χ3n) is 3.28. The highest BCUT2D eigenvalue weighted by Crippen LogP contribution is 2.40. The molecule has 0 saturated heterocycles. The van der Waals surface area contributed by atoms with Crippen LogP contribution >= 0.6 is 0 Å². The van der Waals surface area contributed by atoms with Crippen LogP contribution in [0.4, 0.5) is 0 Å². The van der Waals surface area contributed by atoms with Crippen LogP contribution in [-0.2, 0) is 0 Å². The van der Waals surface area contributed by atoms with E-state index >= 15 is 0 Å². The highest BCUT2D eigenvalue weighted by molar-refractivity contribution is 5.09. The van der Waals surface area contributed by atoms with E-state index in [0.717, 1.165) is 18.5 Å². The largest absolute Gasteiger partial charge is 0.390 e. The average molecular weight is 197 g/mol. The van der Waals surface area contributed by atoms with E-state index in [1.54, 1.807) is 0 Å². The first-order chi connectivity index (χ1) is 6.32. The van der Waals surface area contributed by atoms with Gasteiger partial charge in [0.1, 0.15) is 0 Å². The number of hydrogen-bond acceptors (Lipinski definition) is 2. The lowest BCUT2D eigenvalue weighted by Crippen LogP contribution is -2.45. The maximum Gasteiger partial charge on any atom is 0.0632 e. The Kier molecular flexibility index (Phi) is 3.25. The van der Waals surface area contributed by atoms with Crippen LogP contribution in [0.5, 0.6) is 0 Å². The van der Waals surface area contributed by atoms with Crippen LogP contribution < -0.4 is 5.32 Å². The summed E-state index contributed by atoms with van der Waals surface area (Å²) < 4.78 is 0. The van der Waals surface area contributed by atoms with Gasteiger partial charge in [0.15, 0.2) is 0 Å². The second kappa shape index (κ2) is 3.93. The van der Waals surface area contributed by atoms with Crippen molar-refractivity contribution < 1.29 is 5.11 Å². The summed E-state index contributed by atoms with van der Waals surface area (Å²) in [5.41, 5.74) is 0.647. The fraction of sp³-hybridized carbons (Fsp3) is 0.833. The SMILES string of the molecule is C=C(N[C@H](C)C(C)C)C1CC(C)(O)C1. The van der Waals surface area contributed by atoms with Crippen LogP contribution in [-0.4, -0.2) is 16.7 Å². The standard InChI is InChI=1S/C12H23NO/c1-8(2)9(3)13-10(4)11-6-12(5,14)7-11/h8-9,11,13-14H,4,6-7H2,1-3,5H3/t9-,11?,12?/m1/s1. The zero-order chi connectivity index (χ0) is 10.9. The molecule has 0 aromatic rings. The van der Waals surface area contributed by atoms with Crippen LogP contribution in [0.1, 0.15) is 40.5 Å². The molecule has 1 fully saturated rings. The van der Waals surface area contributed by atoms with Gasteiger partial charge in [-0.15, -0.1) is 0 Å². The maximum atomic E-state index is 9.61. The van der Waals surface area contributed by atoms with E-state index in [2.05, 4.69) is 32.7 Å². The van der Waals surface area contributed by atoms with E-state index in [4.69, 9.17) is 0 Å². The molecule has 0 spiro atoms. The van der Waals surface area contributed by atoms with Crippen LogP contribution in [0.25, 0.3) is 0 Å². The van der Waals surface area contributed by atoms with Gasteiger partial charge in [-0.3, -0.25) is 0 Å². The first-order valence-electron chi connectivity index (χ1n) is 5.49. The summed E-state index contributed by atoms with van der Waals surface area (Å²) in [6.45, 7) is 12.5. The molecule has 82 valence electrons. The first-order valence-corrected chi connectivity index (χ1v) is 5.49. The molecule has 2 N–H and O–H groups in total. The van der Waals surface area contributed by atoms with Crippen LogP contribution in [0.3, 0.4) is 0 Å². The predicted octanol–water partition coefficient (Wildman–Crippen LogP) is 2.30. The lowest BCUT2D eigenvalue weighted by molar-refractivity contribution is -0.0471. The molecule has 0 unspecified atom stereocenters. The number of allylic oxidation sites excluding steroid dienone is 1. The molecule has 0 aliphatic heterocycles. The fourth-order valence-electron chi connectivity index (χ4n) is 1.83. The molecule has 1 aliphatic carbocycles. The van der Waals surface area contributed by atoms with Gasteiger partial charge in [0.05, 0.1) is 5.60 Å². The Labute approximate surface area is 87.4 Å². The van der Waals surface area contributed by atoms with Crippen molar-refractivity contribution in [3.63, 3.8) is 0 Å². The summed E-state index contributed by atoms with van der Waals surface area (Å²) in [5, 5.41) is 13.0. The van der Waals surface area contributed by atoms with Crippen molar-refractivity contribution in [2.45, 2.75) is 52.2 Å². The van der Waals surface area contributed by atoms with Gasteiger partial charge < -0.3 is 10.4 Å². The molecule has 1 saturated carbocycles. The van der Waals surface area contributed by atoms with Gasteiger partial charge in [-0.05, 0) is 32.6 Å². The fourth-order valence-corrected chi connectivity index (χ4v) is 1.83. The topological polar surface area (TPSA) is 32.3 Å². The molecule has 2 heteroatoms. The smallest absolute Gasteiger partial charge is 0.0632 e. The molecule has 0 heterocycles. The summed E-state index contributed by atoms with van der Waals surface area (Å²) in [5.74, 6) is 1.08. The van der Waals surface area contributed by atoms with E-state index in [9.17, 15) is 5.11 Å². The Balaban J connectivity index is 2.31. The van der Waals surface area contributed by atoms with Crippen molar-refractivity contribution in [2.75, 3.05) is 0 Å². The van der Waals surface area contributed by atoms with Crippen LogP contribution in [0, 0.1) is 11.8 Å². The average Bonchev–Trinajstić information content (AvgIpc) is 1.99. The molecular weight excluding hydrogens is 174 g/mol. The summed E-state index contributed by atoms with van der Waals surface area (Å²) >= 11 is 0. The third kappa shape index (κ3) is 2.74. The van der Waals surface area contributed by atoms with Gasteiger partial charge in [0, 0.05) is 17.7 Å². The van der Waals surface area contributed by atoms with Gasteiger partial charge in [0.25, 0.3) is 0 Å². The lowest BCUT2D eigenvalue weighted by atomic mass is 9.71. The molecule has 0 bridgehead atoms. The molecule has 2 nitrogen and oxygen atoms in total. The zero-order valence-corrected chi connectivity index (χ0v) is 9.80. The molecule has 14 heavy (non-hydrogen) atoms. The highest BCUT2D eigenvalue weighted by Gasteiger charge is 2.39. The van der Waals surface area contributed by atoms with Gasteiger partial charge in [-0.2, -0.15) is 0 Å². The van der Waals surface area contributed by atoms with Gasteiger partial charge in [0.2, 0.25) is 0 Å². The van der Waals surface area contributed by atoms with Gasteiger partial charge in [-0.25, -0.2) is 0 Å². The van der Waals surface area contributed by atoms with Crippen molar-refractivity contribution in [3.05, 3.63) is 12.3 Å².